The number of hydrogen-bond donors (Lipinski definition) is 1. The van der Waals surface area contributed by atoms with Gasteiger partial charge in [-0.05, 0) is 25.7 Å². The molecule has 0 aromatic carbocycles. The first-order chi connectivity index (χ1) is 9.83. The third-order valence-corrected chi connectivity index (χ3v) is 4.13. The van der Waals surface area contributed by atoms with Gasteiger partial charge in [0.25, 0.3) is 0 Å². The summed E-state index contributed by atoms with van der Waals surface area (Å²) in [5.74, 6) is 1.87. The van der Waals surface area contributed by atoms with Crippen LogP contribution in [0.4, 0.5) is 5.82 Å². The van der Waals surface area contributed by atoms with Crippen LogP contribution in [0.25, 0.3) is 0 Å². The molecule has 1 aliphatic heterocycles. The van der Waals surface area contributed by atoms with Crippen molar-refractivity contribution in [1.29, 1.82) is 0 Å². The molecule has 0 atom stereocenters. The molecule has 1 aliphatic carbocycles. The van der Waals surface area contributed by atoms with Crippen molar-refractivity contribution in [3.63, 3.8) is 0 Å². The second kappa shape index (κ2) is 6.50. The zero-order chi connectivity index (χ0) is 13.8. The van der Waals surface area contributed by atoms with Gasteiger partial charge >= 0.3 is 0 Å². The molecule has 5 heteroatoms. The van der Waals surface area contributed by atoms with Crippen LogP contribution < -0.4 is 5.32 Å². The third-order valence-electron chi connectivity index (χ3n) is 4.13. The van der Waals surface area contributed by atoms with Crippen LogP contribution in [0.3, 0.4) is 0 Å². The van der Waals surface area contributed by atoms with Crippen molar-refractivity contribution in [2.24, 2.45) is 5.92 Å². The van der Waals surface area contributed by atoms with Crippen LogP contribution >= 0.6 is 0 Å². The molecule has 2 fully saturated rings. The Kier molecular flexibility index (Phi) is 4.47. The molecule has 3 rings (SSSR count). The lowest BCUT2D eigenvalue weighted by molar-refractivity contribution is 0.122. The van der Waals surface area contributed by atoms with E-state index in [0.29, 0.717) is 0 Å². The predicted molar refractivity (Wildman–Crippen MR) is 80.6 cm³/mol. The molecule has 20 heavy (non-hydrogen) atoms. The minimum absolute atomic E-state index is 0.866. The molecule has 0 unspecified atom stereocenters. The van der Waals surface area contributed by atoms with Crippen molar-refractivity contribution in [1.82, 2.24) is 19.8 Å². The molecule has 1 aromatic heterocycles. The fraction of sp³-hybridized carbons (Fsp3) is 0.733. The molecule has 5 nitrogen and oxygen atoms in total. The minimum atomic E-state index is 0.866. The fourth-order valence-corrected chi connectivity index (χ4v) is 2.73. The van der Waals surface area contributed by atoms with Crippen LogP contribution in [0.2, 0.25) is 0 Å². The first-order valence-corrected chi connectivity index (χ1v) is 7.83. The lowest BCUT2D eigenvalue weighted by Gasteiger charge is -2.34. The van der Waals surface area contributed by atoms with E-state index in [1.807, 2.05) is 12.4 Å². The van der Waals surface area contributed by atoms with E-state index in [9.17, 15) is 0 Å². The fourth-order valence-electron chi connectivity index (χ4n) is 2.73. The Balaban J connectivity index is 1.43. The van der Waals surface area contributed by atoms with Gasteiger partial charge in [-0.3, -0.25) is 9.88 Å². The highest BCUT2D eigenvalue weighted by atomic mass is 15.3. The molecule has 1 saturated carbocycles. The number of rotatable bonds is 6. The molecular weight excluding hydrogens is 250 g/mol. The SMILES string of the molecule is CCNc1cnc(CN2CCN(CC3CC3)CC2)cn1. The second-order valence-electron chi connectivity index (χ2n) is 5.94. The average Bonchev–Trinajstić information content (AvgIpc) is 3.28. The molecule has 2 heterocycles. The van der Waals surface area contributed by atoms with E-state index in [2.05, 4.69) is 32.0 Å². The summed E-state index contributed by atoms with van der Waals surface area (Å²) in [7, 11) is 0. The van der Waals surface area contributed by atoms with Gasteiger partial charge in [-0.2, -0.15) is 0 Å². The summed E-state index contributed by atoms with van der Waals surface area (Å²) >= 11 is 0. The van der Waals surface area contributed by atoms with Crippen molar-refractivity contribution in [2.75, 3.05) is 44.6 Å². The van der Waals surface area contributed by atoms with E-state index in [1.54, 1.807) is 0 Å². The number of anilines is 1. The Labute approximate surface area is 121 Å². The quantitative estimate of drug-likeness (QED) is 0.851. The maximum absolute atomic E-state index is 4.49. The highest BCUT2D eigenvalue weighted by Crippen LogP contribution is 2.29. The zero-order valence-corrected chi connectivity index (χ0v) is 12.4. The molecule has 1 N–H and O–H groups in total. The Hall–Kier alpha value is -1.20. The molecule has 0 amide bonds. The summed E-state index contributed by atoms with van der Waals surface area (Å²) in [6.07, 6.45) is 6.64. The van der Waals surface area contributed by atoms with E-state index < -0.39 is 0 Å². The van der Waals surface area contributed by atoms with Gasteiger partial charge in [0.15, 0.2) is 0 Å². The summed E-state index contributed by atoms with van der Waals surface area (Å²) in [4.78, 5) is 14.0. The highest BCUT2D eigenvalue weighted by Gasteiger charge is 2.26. The molecule has 1 aromatic rings. The number of nitrogens with zero attached hydrogens (tertiary/aromatic N) is 4. The Morgan fingerprint density at radius 1 is 1.10 bits per heavy atom. The summed E-state index contributed by atoms with van der Waals surface area (Å²) in [6, 6.07) is 0. The van der Waals surface area contributed by atoms with E-state index in [1.165, 1.54) is 32.5 Å². The topological polar surface area (TPSA) is 44.3 Å². The Bertz CT molecular complexity index is 407. The van der Waals surface area contributed by atoms with Gasteiger partial charge in [-0.15, -0.1) is 0 Å². The van der Waals surface area contributed by atoms with Crippen LogP contribution in [0, 0.1) is 5.92 Å². The van der Waals surface area contributed by atoms with Crippen LogP contribution in [-0.4, -0.2) is 59.0 Å². The van der Waals surface area contributed by atoms with Crippen molar-refractivity contribution in [3.05, 3.63) is 18.1 Å². The minimum Gasteiger partial charge on any atom is -0.369 e. The van der Waals surface area contributed by atoms with Gasteiger partial charge in [0.2, 0.25) is 0 Å². The largest absolute Gasteiger partial charge is 0.369 e. The zero-order valence-electron chi connectivity index (χ0n) is 12.4. The van der Waals surface area contributed by atoms with Gasteiger partial charge in [0.1, 0.15) is 5.82 Å². The number of hydrogen-bond acceptors (Lipinski definition) is 5. The highest BCUT2D eigenvalue weighted by molar-refractivity contribution is 5.30. The number of nitrogens with one attached hydrogen (secondary N) is 1. The maximum Gasteiger partial charge on any atom is 0.144 e. The van der Waals surface area contributed by atoms with Crippen molar-refractivity contribution in [2.45, 2.75) is 26.3 Å². The van der Waals surface area contributed by atoms with Crippen molar-refractivity contribution < 1.29 is 0 Å². The van der Waals surface area contributed by atoms with E-state index >= 15 is 0 Å². The molecule has 0 bridgehead atoms. The van der Waals surface area contributed by atoms with Gasteiger partial charge in [0, 0.05) is 45.8 Å². The number of piperazine rings is 1. The molecule has 1 saturated heterocycles. The summed E-state index contributed by atoms with van der Waals surface area (Å²) in [5.41, 5.74) is 1.07. The van der Waals surface area contributed by atoms with Gasteiger partial charge in [-0.1, -0.05) is 0 Å². The van der Waals surface area contributed by atoms with Crippen LogP contribution in [0.1, 0.15) is 25.5 Å². The summed E-state index contributed by atoms with van der Waals surface area (Å²) in [5, 5.41) is 3.17. The monoisotopic (exact) mass is 275 g/mol. The maximum atomic E-state index is 4.49. The van der Waals surface area contributed by atoms with Gasteiger partial charge < -0.3 is 10.2 Å². The lowest BCUT2D eigenvalue weighted by Crippen LogP contribution is -2.46. The molecule has 110 valence electrons. The van der Waals surface area contributed by atoms with E-state index in [4.69, 9.17) is 0 Å². The van der Waals surface area contributed by atoms with Crippen molar-refractivity contribution in [3.8, 4) is 0 Å². The van der Waals surface area contributed by atoms with Gasteiger partial charge in [-0.25, -0.2) is 4.98 Å². The van der Waals surface area contributed by atoms with Crippen LogP contribution in [0.15, 0.2) is 12.4 Å². The first kappa shape index (κ1) is 13.8. The van der Waals surface area contributed by atoms with Crippen molar-refractivity contribution >= 4 is 5.82 Å². The van der Waals surface area contributed by atoms with Gasteiger partial charge in [0.05, 0.1) is 18.1 Å². The standard InChI is InChI=1S/C15H25N5/c1-2-16-15-10-17-14(9-18-15)12-20-7-5-19(6-8-20)11-13-3-4-13/h9-10,13H,2-8,11-12H2,1H3,(H,16,18). The van der Waals surface area contributed by atoms with E-state index in [0.717, 1.165) is 43.6 Å². The third kappa shape index (κ3) is 3.90. The van der Waals surface area contributed by atoms with Crippen LogP contribution in [-0.2, 0) is 6.54 Å². The molecular formula is C15H25N5. The molecule has 2 aliphatic rings. The molecule has 0 spiro atoms. The summed E-state index contributed by atoms with van der Waals surface area (Å²) < 4.78 is 0. The second-order valence-corrected chi connectivity index (χ2v) is 5.94. The van der Waals surface area contributed by atoms with Crippen LogP contribution in [0.5, 0.6) is 0 Å². The summed E-state index contributed by atoms with van der Waals surface area (Å²) in [6.45, 7) is 9.93. The smallest absolute Gasteiger partial charge is 0.144 e. The Morgan fingerprint density at radius 3 is 2.45 bits per heavy atom. The Morgan fingerprint density at radius 2 is 1.85 bits per heavy atom. The van der Waals surface area contributed by atoms with E-state index in [-0.39, 0.29) is 0 Å². The first-order valence-electron chi connectivity index (χ1n) is 7.83. The normalized spacial score (nSPS) is 21.1. The predicted octanol–water partition coefficient (Wildman–Crippen LogP) is 1.44. The molecule has 0 radical (unpaired) electrons. The lowest BCUT2D eigenvalue weighted by atomic mass is 10.2. The average molecular weight is 275 g/mol. The number of aromatic nitrogens is 2.